The highest BCUT2D eigenvalue weighted by Gasteiger charge is 2.23. The first-order valence-electron chi connectivity index (χ1n) is 9.76. The highest BCUT2D eigenvalue weighted by molar-refractivity contribution is 7.90. The van der Waals surface area contributed by atoms with Gasteiger partial charge in [-0.3, -0.25) is 4.79 Å². The Labute approximate surface area is 190 Å². The minimum absolute atomic E-state index is 0.0674. The Bertz CT molecular complexity index is 1260. The van der Waals surface area contributed by atoms with E-state index in [1.54, 1.807) is 6.07 Å². The van der Waals surface area contributed by atoms with Crippen molar-refractivity contribution in [2.45, 2.75) is 11.5 Å². The first kappa shape index (κ1) is 23.8. The molecular weight excluding hydrogens is 453 g/mol. The first-order chi connectivity index (χ1) is 15.8. The number of nitrogens with zero attached hydrogens (tertiary/aromatic N) is 1. The highest BCUT2D eigenvalue weighted by atomic mass is 32.2. The highest BCUT2D eigenvalue weighted by Crippen LogP contribution is 2.30. The van der Waals surface area contributed by atoms with E-state index in [2.05, 4.69) is 10.6 Å². The monoisotopic (exact) mass is 475 g/mol. The second-order valence-electron chi connectivity index (χ2n) is 6.77. The molecule has 0 bridgehead atoms. The molecule has 0 aliphatic heterocycles. The molecule has 33 heavy (non-hydrogen) atoms. The van der Waals surface area contributed by atoms with Crippen LogP contribution < -0.4 is 15.4 Å². The lowest BCUT2D eigenvalue weighted by molar-refractivity contribution is -0.122. The lowest BCUT2D eigenvalue weighted by Crippen LogP contribution is -2.24. The molecule has 2 N–H and O–H groups in total. The number of hydrogen-bond acceptors (Lipinski definition) is 6. The molecule has 174 valence electrons. The van der Waals surface area contributed by atoms with Gasteiger partial charge in [0.25, 0.3) is 15.9 Å². The minimum Gasteiger partial charge on any atom is -0.484 e. The number of ether oxygens (including phenoxy) is 2. The summed E-state index contributed by atoms with van der Waals surface area (Å²) in [6.07, 6.45) is 0.584. The van der Waals surface area contributed by atoms with Crippen molar-refractivity contribution >= 4 is 22.0 Å². The predicted octanol–water partition coefficient (Wildman–Crippen LogP) is 2.51. The van der Waals surface area contributed by atoms with E-state index in [0.29, 0.717) is 11.3 Å². The lowest BCUT2D eigenvalue weighted by atomic mass is 10.1. The molecule has 0 unspecified atom stereocenters. The van der Waals surface area contributed by atoms with Gasteiger partial charge in [0.15, 0.2) is 6.61 Å². The van der Waals surface area contributed by atoms with Crippen molar-refractivity contribution in [3.63, 3.8) is 0 Å². The van der Waals surface area contributed by atoms with Gasteiger partial charge in [-0.1, -0.05) is 12.1 Å². The number of benzene rings is 2. The molecule has 0 saturated heterocycles. The van der Waals surface area contributed by atoms with Gasteiger partial charge >= 0.3 is 6.09 Å². The van der Waals surface area contributed by atoms with Crippen LogP contribution in [0, 0.1) is 5.82 Å². The molecule has 2 amide bonds. The molecule has 11 heteroatoms. The number of carbonyl (C=O) groups is 2. The van der Waals surface area contributed by atoms with Crippen LogP contribution in [0.5, 0.6) is 5.75 Å². The van der Waals surface area contributed by atoms with Crippen LogP contribution in [0.25, 0.3) is 11.3 Å². The number of amides is 2. The Hall–Kier alpha value is -3.86. The van der Waals surface area contributed by atoms with E-state index in [1.807, 2.05) is 0 Å². The normalized spacial score (nSPS) is 11.0. The van der Waals surface area contributed by atoms with E-state index in [1.165, 1.54) is 68.8 Å². The van der Waals surface area contributed by atoms with Crippen molar-refractivity contribution in [2.75, 3.05) is 20.7 Å². The first-order valence-corrected chi connectivity index (χ1v) is 11.2. The summed E-state index contributed by atoms with van der Waals surface area (Å²) in [5, 5.41) is 4.71. The summed E-state index contributed by atoms with van der Waals surface area (Å²) < 4.78 is 52.5. The largest absolute Gasteiger partial charge is 0.484 e. The van der Waals surface area contributed by atoms with Crippen LogP contribution in [0.4, 0.5) is 9.18 Å². The molecule has 2 aromatic carbocycles. The number of likely N-dealkylation sites (N-methyl/N-ethyl adjacent to an activating group) is 1. The van der Waals surface area contributed by atoms with E-state index in [4.69, 9.17) is 9.47 Å². The van der Waals surface area contributed by atoms with Crippen molar-refractivity contribution in [2.24, 2.45) is 0 Å². The molecule has 0 atom stereocenters. The second-order valence-corrected chi connectivity index (χ2v) is 8.59. The molecular formula is C22H22FN3O6S. The molecule has 0 aliphatic carbocycles. The Kier molecular flexibility index (Phi) is 7.34. The fraction of sp³-hybridized carbons (Fsp3) is 0.182. The van der Waals surface area contributed by atoms with Gasteiger partial charge in [-0.15, -0.1) is 0 Å². The van der Waals surface area contributed by atoms with Gasteiger partial charge in [0, 0.05) is 31.4 Å². The van der Waals surface area contributed by atoms with Crippen molar-refractivity contribution in [3.8, 4) is 17.0 Å². The Morgan fingerprint density at radius 1 is 1.03 bits per heavy atom. The number of nitrogens with one attached hydrogen (secondary N) is 2. The van der Waals surface area contributed by atoms with E-state index < -0.39 is 21.9 Å². The molecule has 0 saturated carbocycles. The zero-order valence-electron chi connectivity index (χ0n) is 17.9. The topological polar surface area (TPSA) is 116 Å². The fourth-order valence-corrected chi connectivity index (χ4v) is 4.29. The van der Waals surface area contributed by atoms with Crippen molar-refractivity contribution < 1.29 is 31.9 Å². The average molecular weight is 475 g/mol. The zero-order valence-corrected chi connectivity index (χ0v) is 18.7. The third kappa shape index (κ3) is 5.50. The molecule has 0 spiro atoms. The number of alkyl carbamates (subject to hydrolysis) is 1. The van der Waals surface area contributed by atoms with Crippen molar-refractivity contribution in [1.82, 2.24) is 14.6 Å². The Balaban J connectivity index is 1.98. The molecule has 0 fully saturated rings. The van der Waals surface area contributed by atoms with Crippen LogP contribution in [0.2, 0.25) is 0 Å². The van der Waals surface area contributed by atoms with Crippen LogP contribution in [-0.4, -0.2) is 45.1 Å². The molecule has 1 heterocycles. The molecule has 3 rings (SSSR count). The molecule has 0 radical (unpaired) electrons. The van der Waals surface area contributed by atoms with Gasteiger partial charge in [-0.2, -0.15) is 0 Å². The summed E-state index contributed by atoms with van der Waals surface area (Å²) in [6, 6.07) is 12.7. The van der Waals surface area contributed by atoms with E-state index >= 15 is 0 Å². The zero-order chi connectivity index (χ0) is 24.0. The lowest BCUT2D eigenvalue weighted by Gasteiger charge is -2.12. The number of rotatable bonds is 8. The number of carbonyl (C=O) groups excluding carboxylic acids is 2. The third-order valence-electron chi connectivity index (χ3n) is 4.60. The van der Waals surface area contributed by atoms with Crippen LogP contribution in [0.3, 0.4) is 0 Å². The summed E-state index contributed by atoms with van der Waals surface area (Å²) in [5.74, 6) is -0.636. The van der Waals surface area contributed by atoms with Crippen LogP contribution in [0.1, 0.15) is 5.56 Å². The van der Waals surface area contributed by atoms with Crippen molar-refractivity contribution in [3.05, 3.63) is 72.2 Å². The Morgan fingerprint density at radius 2 is 1.73 bits per heavy atom. The number of halogens is 1. The van der Waals surface area contributed by atoms with Gasteiger partial charge in [-0.25, -0.2) is 21.6 Å². The molecule has 0 aliphatic rings. The fourth-order valence-electron chi connectivity index (χ4n) is 2.90. The SMILES string of the molecule is CNC(=O)COc1ccc(S(=O)(=O)n2cc(COC(=O)NC)cc2-c2ccccc2F)cc1. The van der Waals surface area contributed by atoms with Gasteiger partial charge < -0.3 is 20.1 Å². The predicted molar refractivity (Wildman–Crippen MR) is 118 cm³/mol. The van der Waals surface area contributed by atoms with Gasteiger partial charge in [0.05, 0.1) is 10.6 Å². The van der Waals surface area contributed by atoms with Gasteiger partial charge in [0.2, 0.25) is 0 Å². The summed E-state index contributed by atoms with van der Waals surface area (Å²) in [6.45, 7) is -0.428. The maximum Gasteiger partial charge on any atom is 0.407 e. The second kappa shape index (κ2) is 10.2. The standard InChI is InChI=1S/C22H22FN3O6S/c1-24-21(27)14-31-16-7-9-17(10-8-16)33(29,30)26-12-15(13-32-22(28)25-2)11-20(26)18-5-3-4-6-19(18)23/h3-12H,13-14H2,1-2H3,(H,24,27)(H,25,28). The molecule has 9 nitrogen and oxygen atoms in total. The van der Waals surface area contributed by atoms with Crippen molar-refractivity contribution in [1.29, 1.82) is 0 Å². The van der Waals surface area contributed by atoms with Gasteiger partial charge in [-0.05, 0) is 42.5 Å². The van der Waals surface area contributed by atoms with Crippen LogP contribution in [0.15, 0.2) is 65.7 Å². The smallest absolute Gasteiger partial charge is 0.407 e. The van der Waals surface area contributed by atoms with E-state index in [-0.39, 0.29) is 35.3 Å². The third-order valence-corrected chi connectivity index (χ3v) is 6.28. The quantitative estimate of drug-likeness (QED) is 0.517. The Morgan fingerprint density at radius 3 is 2.36 bits per heavy atom. The maximum absolute atomic E-state index is 14.5. The average Bonchev–Trinajstić information content (AvgIpc) is 3.26. The van der Waals surface area contributed by atoms with Gasteiger partial charge in [0.1, 0.15) is 18.2 Å². The number of aromatic nitrogens is 1. The van der Waals surface area contributed by atoms with Crippen LogP contribution >= 0.6 is 0 Å². The van der Waals surface area contributed by atoms with E-state index in [0.717, 1.165) is 3.97 Å². The number of hydrogen-bond donors (Lipinski definition) is 2. The summed E-state index contributed by atoms with van der Waals surface area (Å²) >= 11 is 0. The van der Waals surface area contributed by atoms with E-state index in [9.17, 15) is 22.4 Å². The molecule has 3 aromatic rings. The summed E-state index contributed by atoms with van der Waals surface area (Å²) in [5.41, 5.74) is 0.493. The minimum atomic E-state index is -4.15. The summed E-state index contributed by atoms with van der Waals surface area (Å²) in [7, 11) is -1.29. The van der Waals surface area contributed by atoms with Crippen LogP contribution in [-0.2, 0) is 26.2 Å². The maximum atomic E-state index is 14.5. The molecule has 1 aromatic heterocycles. The summed E-state index contributed by atoms with van der Waals surface area (Å²) in [4.78, 5) is 22.6.